The number of hydrogen-bond donors (Lipinski definition) is 4. The molecule has 0 saturated heterocycles. The van der Waals surface area contributed by atoms with Gasteiger partial charge in [0.25, 0.3) is 0 Å². The molecule has 0 fully saturated rings. The van der Waals surface area contributed by atoms with Crippen LogP contribution in [0.25, 0.3) is 10.6 Å². The standard InChI is InChI=1S/2C18H24N3.2Li/c2*1-13(2)19-15-9-5-7-11-17(15)21-18-12-8-6-10-16(18)20-14(3)4;;/h2*5-14,19-20H,1-4H3;;/q2*-1;2*+1/p+4. The predicted molar refractivity (Wildman–Crippen MR) is 178 cm³/mol. The molecule has 0 amide bonds. The Morgan fingerprint density at radius 1 is 0.341 bits per heavy atom. The molecule has 0 heterocycles. The summed E-state index contributed by atoms with van der Waals surface area (Å²) in [6, 6.07) is 35.4. The van der Waals surface area contributed by atoms with Gasteiger partial charge in [0.15, 0.2) is 0 Å². The molecule has 8 heteroatoms. The summed E-state index contributed by atoms with van der Waals surface area (Å²) in [7, 11) is 0. The Hall–Kier alpha value is -2.49. The van der Waals surface area contributed by atoms with Gasteiger partial charge < -0.3 is 31.9 Å². The van der Waals surface area contributed by atoms with Gasteiger partial charge in [-0.15, -0.1) is 0 Å². The molecule has 0 atom stereocenters. The van der Waals surface area contributed by atoms with Crippen LogP contribution in [-0.2, 0) is 0 Å². The van der Waals surface area contributed by atoms with Crippen molar-refractivity contribution in [3.8, 4) is 0 Å². The Morgan fingerprint density at radius 2 is 0.523 bits per heavy atom. The van der Waals surface area contributed by atoms with E-state index in [1.54, 1.807) is 0 Å². The molecule has 4 aromatic carbocycles. The van der Waals surface area contributed by atoms with Gasteiger partial charge in [-0.3, -0.25) is 0 Å². The van der Waals surface area contributed by atoms with E-state index in [1.165, 1.54) is 22.7 Å². The second-order valence-electron chi connectivity index (χ2n) is 12.1. The van der Waals surface area contributed by atoms with E-state index in [1.807, 2.05) is 24.3 Å². The summed E-state index contributed by atoms with van der Waals surface area (Å²) in [6.07, 6.45) is 0. The SMILES string of the molecule is CC(C)[NH2+]c1ccccc1[N-]c1ccccc1[NH2+]C(C)C.CC(C)[NH2+]c1ccccc1[N-]c1ccccc1[NH2+]C(C)C.[Li+].[Li+]. The third-order valence-electron chi connectivity index (χ3n) is 6.28. The van der Waals surface area contributed by atoms with Crippen LogP contribution in [0, 0.1) is 0 Å². The van der Waals surface area contributed by atoms with E-state index in [9.17, 15) is 0 Å². The quantitative estimate of drug-likeness (QED) is 0.138. The van der Waals surface area contributed by atoms with Gasteiger partial charge in [-0.1, -0.05) is 95.5 Å². The van der Waals surface area contributed by atoms with Crippen LogP contribution in [0.2, 0.25) is 0 Å². The number of para-hydroxylation sites is 8. The Bertz CT molecular complexity index is 1170. The zero-order valence-electron chi connectivity index (χ0n) is 28.8. The maximum Gasteiger partial charge on any atom is 1.00 e. The molecule has 0 aliphatic carbocycles. The summed E-state index contributed by atoms with van der Waals surface area (Å²) >= 11 is 0. The molecular formula is C36H52Li2N6+4. The molecule has 8 N–H and O–H groups in total. The maximum absolute atomic E-state index is 4.88. The Balaban J connectivity index is 0.000000421. The van der Waals surface area contributed by atoms with Crippen molar-refractivity contribution in [3.05, 3.63) is 108 Å². The van der Waals surface area contributed by atoms with Gasteiger partial charge in [-0.2, -0.15) is 0 Å². The Kier molecular flexibility index (Phi) is 18.4. The number of nitrogens with two attached hydrogens (primary N) is 4. The fourth-order valence-electron chi connectivity index (χ4n) is 4.62. The van der Waals surface area contributed by atoms with E-state index in [4.69, 9.17) is 10.6 Å². The van der Waals surface area contributed by atoms with Gasteiger partial charge in [0.1, 0.15) is 22.7 Å². The monoisotopic (exact) mass is 582 g/mol. The second kappa shape index (κ2) is 20.5. The normalized spacial score (nSPS) is 10.6. The Labute approximate surface area is 290 Å². The van der Waals surface area contributed by atoms with Crippen molar-refractivity contribution in [2.75, 3.05) is 0 Å². The molecule has 0 saturated carbocycles. The molecule has 4 aromatic rings. The topological polar surface area (TPSA) is 94.6 Å². The van der Waals surface area contributed by atoms with Gasteiger partial charge in [0, 0.05) is 0 Å². The van der Waals surface area contributed by atoms with Crippen molar-refractivity contribution in [3.63, 3.8) is 0 Å². The summed E-state index contributed by atoms with van der Waals surface area (Å²) in [5.41, 5.74) is 8.95. The van der Waals surface area contributed by atoms with Crippen LogP contribution < -0.4 is 59.0 Å². The fraction of sp³-hybridized carbons (Fsp3) is 0.333. The van der Waals surface area contributed by atoms with Crippen LogP contribution in [0.3, 0.4) is 0 Å². The van der Waals surface area contributed by atoms with Gasteiger partial charge in [-0.05, 0) is 79.7 Å². The predicted octanol–water partition coefficient (Wildman–Crippen LogP) is 0.468. The molecule has 0 aliphatic heterocycles. The van der Waals surface area contributed by atoms with E-state index >= 15 is 0 Å². The summed E-state index contributed by atoms with van der Waals surface area (Å²) in [5.74, 6) is 0. The van der Waals surface area contributed by atoms with Crippen LogP contribution in [-0.4, -0.2) is 24.2 Å². The molecule has 0 spiro atoms. The van der Waals surface area contributed by atoms with Crippen LogP contribution in [0.4, 0.5) is 45.5 Å². The van der Waals surface area contributed by atoms with Gasteiger partial charge in [0.2, 0.25) is 0 Å². The van der Waals surface area contributed by atoms with E-state index < -0.39 is 0 Å². The third-order valence-corrected chi connectivity index (χ3v) is 6.28. The number of benzene rings is 4. The second-order valence-corrected chi connectivity index (χ2v) is 12.1. The smallest absolute Gasteiger partial charge is 0.648 e. The molecule has 0 radical (unpaired) electrons. The molecule has 4 rings (SSSR count). The number of hydrogen-bond acceptors (Lipinski definition) is 0. The minimum atomic E-state index is 0. The largest absolute Gasteiger partial charge is 1.00 e. The molecule has 6 nitrogen and oxygen atoms in total. The molecule has 0 aromatic heterocycles. The van der Waals surface area contributed by atoms with Gasteiger partial charge in [-0.25, -0.2) is 0 Å². The Morgan fingerprint density at radius 3 is 0.705 bits per heavy atom. The molecule has 0 unspecified atom stereocenters. The molecular weight excluding hydrogens is 530 g/mol. The summed E-state index contributed by atoms with van der Waals surface area (Å²) in [5, 5.41) is 18.8. The molecule has 224 valence electrons. The fourth-order valence-corrected chi connectivity index (χ4v) is 4.62. The first-order valence-corrected chi connectivity index (χ1v) is 15.3. The van der Waals surface area contributed by atoms with Gasteiger partial charge in [0.05, 0.1) is 24.2 Å². The van der Waals surface area contributed by atoms with E-state index in [-0.39, 0.29) is 37.7 Å². The van der Waals surface area contributed by atoms with Crippen LogP contribution in [0.1, 0.15) is 55.4 Å². The third kappa shape index (κ3) is 13.7. The van der Waals surface area contributed by atoms with Crippen molar-refractivity contribution in [2.24, 2.45) is 0 Å². The van der Waals surface area contributed by atoms with Crippen molar-refractivity contribution < 1.29 is 59.0 Å². The van der Waals surface area contributed by atoms with Crippen molar-refractivity contribution >= 4 is 45.5 Å². The van der Waals surface area contributed by atoms with Crippen molar-refractivity contribution in [1.29, 1.82) is 0 Å². The minimum absolute atomic E-state index is 0. The van der Waals surface area contributed by atoms with Crippen LogP contribution >= 0.6 is 0 Å². The first kappa shape index (κ1) is 39.5. The first-order valence-electron chi connectivity index (χ1n) is 15.3. The van der Waals surface area contributed by atoms with Crippen molar-refractivity contribution in [2.45, 2.75) is 79.6 Å². The summed E-state index contributed by atoms with van der Waals surface area (Å²) in [4.78, 5) is 0. The maximum atomic E-state index is 4.88. The molecule has 0 bridgehead atoms. The molecule has 44 heavy (non-hydrogen) atoms. The summed E-state index contributed by atoms with van der Waals surface area (Å²) < 4.78 is 0. The zero-order chi connectivity index (χ0) is 30.5. The number of quaternary nitrogens is 4. The molecule has 0 aliphatic rings. The summed E-state index contributed by atoms with van der Waals surface area (Å²) in [6.45, 7) is 17.5. The average Bonchev–Trinajstić information content (AvgIpc) is 2.92. The first-order chi connectivity index (χ1) is 20.1. The van der Waals surface area contributed by atoms with Crippen LogP contribution in [0.5, 0.6) is 0 Å². The van der Waals surface area contributed by atoms with E-state index in [0.29, 0.717) is 24.2 Å². The zero-order valence-corrected chi connectivity index (χ0v) is 28.8. The van der Waals surface area contributed by atoms with Crippen LogP contribution in [0.15, 0.2) is 97.1 Å². The average molecular weight is 583 g/mol. The number of rotatable bonds is 12. The number of nitrogens with zero attached hydrogens (tertiary/aromatic N) is 2. The minimum Gasteiger partial charge on any atom is -0.648 e. The van der Waals surface area contributed by atoms with E-state index in [0.717, 1.165) is 22.7 Å². The van der Waals surface area contributed by atoms with Crippen molar-refractivity contribution in [1.82, 2.24) is 0 Å². The van der Waals surface area contributed by atoms with E-state index in [2.05, 4.69) is 149 Å². The van der Waals surface area contributed by atoms with Gasteiger partial charge >= 0.3 is 37.7 Å².